The maximum atomic E-state index is 13.2. The molecule has 0 spiro atoms. The lowest BCUT2D eigenvalue weighted by molar-refractivity contribution is -0.266. The Balaban J connectivity index is 2.34. The van der Waals surface area contributed by atoms with Gasteiger partial charge in [0.2, 0.25) is 0 Å². The summed E-state index contributed by atoms with van der Waals surface area (Å²) in [5, 5.41) is 10.4. The molecule has 27 heavy (non-hydrogen) atoms. The number of hydrogen-bond donors (Lipinski definition) is 1. The summed E-state index contributed by atoms with van der Waals surface area (Å²) in [5.74, 6) is -2.27. The first kappa shape index (κ1) is 20.7. The van der Waals surface area contributed by atoms with E-state index < -0.39 is 29.2 Å². The number of benzene rings is 2. The largest absolute Gasteiger partial charge is 0.466 e. The van der Waals surface area contributed by atoms with Crippen molar-refractivity contribution in [3.05, 3.63) is 64.7 Å². The third kappa shape index (κ3) is 3.91. The van der Waals surface area contributed by atoms with Crippen LogP contribution < -0.4 is 4.90 Å². The fourth-order valence-corrected chi connectivity index (χ4v) is 2.50. The van der Waals surface area contributed by atoms with Gasteiger partial charge < -0.3 is 14.7 Å². The molecule has 0 saturated heterocycles. The first-order valence-corrected chi connectivity index (χ1v) is 7.92. The minimum atomic E-state index is -5.29. The second kappa shape index (κ2) is 7.58. The smallest absolute Gasteiger partial charge is 0.432 e. The SMILES string of the molecule is COC(=O)C(O)(c1ccc(N(C)C(=O)c2ccc(Cl)cc2)cc1)C(F)(F)F. The molecule has 0 bridgehead atoms. The number of anilines is 1. The van der Waals surface area contributed by atoms with Crippen LogP contribution in [0.15, 0.2) is 48.5 Å². The van der Waals surface area contributed by atoms with E-state index in [0.29, 0.717) is 10.6 Å². The van der Waals surface area contributed by atoms with Crippen molar-refractivity contribution >= 4 is 29.2 Å². The Morgan fingerprint density at radius 1 is 1.04 bits per heavy atom. The highest BCUT2D eigenvalue weighted by molar-refractivity contribution is 6.30. The maximum absolute atomic E-state index is 13.2. The van der Waals surface area contributed by atoms with Crippen LogP contribution in [-0.4, -0.2) is 37.3 Å². The Hall–Kier alpha value is -2.58. The zero-order valence-electron chi connectivity index (χ0n) is 14.2. The van der Waals surface area contributed by atoms with Crippen molar-refractivity contribution in [2.45, 2.75) is 11.8 Å². The molecule has 144 valence electrons. The molecular formula is C18H15ClF3NO4. The third-order valence-corrected chi connectivity index (χ3v) is 4.21. The quantitative estimate of drug-likeness (QED) is 0.796. The molecule has 2 rings (SSSR count). The minimum absolute atomic E-state index is 0.257. The number of ether oxygens (including phenoxy) is 1. The topological polar surface area (TPSA) is 66.8 Å². The number of methoxy groups -OCH3 is 1. The van der Waals surface area contributed by atoms with E-state index in [9.17, 15) is 27.9 Å². The molecule has 0 heterocycles. The summed E-state index contributed by atoms with van der Waals surface area (Å²) >= 11 is 5.77. The number of alkyl halides is 3. The highest BCUT2D eigenvalue weighted by atomic mass is 35.5. The summed E-state index contributed by atoms with van der Waals surface area (Å²) in [6.07, 6.45) is -5.29. The average molecular weight is 402 g/mol. The number of hydrogen-bond acceptors (Lipinski definition) is 4. The van der Waals surface area contributed by atoms with Crippen LogP contribution in [0.2, 0.25) is 5.02 Å². The van der Waals surface area contributed by atoms with E-state index in [2.05, 4.69) is 4.74 Å². The number of aliphatic hydroxyl groups is 1. The van der Waals surface area contributed by atoms with E-state index in [4.69, 9.17) is 11.6 Å². The van der Waals surface area contributed by atoms with E-state index in [1.807, 2.05) is 0 Å². The molecule has 1 amide bonds. The molecule has 1 unspecified atom stereocenters. The molecule has 0 aliphatic rings. The maximum Gasteiger partial charge on any atom is 0.432 e. The van der Waals surface area contributed by atoms with Gasteiger partial charge >= 0.3 is 12.1 Å². The first-order valence-electron chi connectivity index (χ1n) is 7.54. The number of esters is 1. The van der Waals surface area contributed by atoms with E-state index in [1.54, 1.807) is 0 Å². The van der Waals surface area contributed by atoms with Crippen molar-refractivity contribution in [3.8, 4) is 0 Å². The van der Waals surface area contributed by atoms with Crippen molar-refractivity contribution < 1.29 is 32.6 Å². The van der Waals surface area contributed by atoms with Gasteiger partial charge in [0.25, 0.3) is 11.5 Å². The normalized spacial score (nSPS) is 13.6. The van der Waals surface area contributed by atoms with Crippen LogP contribution in [-0.2, 0) is 15.1 Å². The van der Waals surface area contributed by atoms with Gasteiger partial charge in [-0.15, -0.1) is 0 Å². The van der Waals surface area contributed by atoms with Gasteiger partial charge in [0, 0.05) is 28.9 Å². The Morgan fingerprint density at radius 3 is 2.00 bits per heavy atom. The van der Waals surface area contributed by atoms with Gasteiger partial charge in [0.05, 0.1) is 7.11 Å². The number of carbonyl (C=O) groups is 2. The van der Waals surface area contributed by atoms with Gasteiger partial charge in [0.15, 0.2) is 0 Å². The Bertz CT molecular complexity index is 837. The predicted molar refractivity (Wildman–Crippen MR) is 92.6 cm³/mol. The summed E-state index contributed by atoms with van der Waals surface area (Å²) in [6, 6.07) is 10.3. The fourth-order valence-electron chi connectivity index (χ4n) is 2.37. The number of halogens is 4. The Labute approximate surface area is 157 Å². The number of amides is 1. The summed E-state index contributed by atoms with van der Waals surface area (Å²) in [7, 11) is 2.17. The lowest BCUT2D eigenvalue weighted by atomic mass is 9.93. The molecule has 0 saturated carbocycles. The Kier molecular flexibility index (Phi) is 5.82. The first-order chi connectivity index (χ1) is 12.5. The average Bonchev–Trinajstić information content (AvgIpc) is 2.65. The molecule has 1 N–H and O–H groups in total. The Morgan fingerprint density at radius 2 is 1.56 bits per heavy atom. The molecule has 5 nitrogen and oxygen atoms in total. The zero-order chi connectivity index (χ0) is 20.4. The van der Waals surface area contributed by atoms with Crippen LogP contribution in [0.5, 0.6) is 0 Å². The van der Waals surface area contributed by atoms with Crippen molar-refractivity contribution in [2.24, 2.45) is 0 Å². The summed E-state index contributed by atoms with van der Waals surface area (Å²) in [6.45, 7) is 0. The molecule has 0 aliphatic heterocycles. The molecule has 2 aromatic rings. The molecule has 0 aliphatic carbocycles. The number of nitrogens with zero attached hydrogens (tertiary/aromatic N) is 1. The van der Waals surface area contributed by atoms with Gasteiger partial charge in [-0.2, -0.15) is 13.2 Å². The third-order valence-electron chi connectivity index (χ3n) is 3.96. The van der Waals surface area contributed by atoms with Crippen LogP contribution in [0.3, 0.4) is 0 Å². The van der Waals surface area contributed by atoms with Crippen molar-refractivity contribution in [2.75, 3.05) is 19.1 Å². The summed E-state index contributed by atoms with van der Waals surface area (Å²) < 4.78 is 43.8. The van der Waals surface area contributed by atoms with Crippen molar-refractivity contribution in [1.82, 2.24) is 0 Å². The van der Waals surface area contributed by atoms with Gasteiger partial charge in [-0.25, -0.2) is 4.79 Å². The minimum Gasteiger partial charge on any atom is -0.466 e. The molecule has 0 aromatic heterocycles. The molecule has 0 radical (unpaired) electrons. The lowest BCUT2D eigenvalue weighted by Gasteiger charge is -2.28. The molecule has 9 heteroatoms. The van der Waals surface area contributed by atoms with Crippen molar-refractivity contribution in [3.63, 3.8) is 0 Å². The monoisotopic (exact) mass is 401 g/mol. The van der Waals surface area contributed by atoms with Gasteiger partial charge in [-0.3, -0.25) is 4.79 Å². The van der Waals surface area contributed by atoms with Crippen LogP contribution in [0.25, 0.3) is 0 Å². The van der Waals surface area contributed by atoms with E-state index in [1.165, 1.54) is 48.3 Å². The van der Waals surface area contributed by atoms with Crippen LogP contribution in [0.4, 0.5) is 18.9 Å². The number of rotatable bonds is 4. The molecular weight excluding hydrogens is 387 g/mol. The molecule has 1 atom stereocenters. The second-order valence-corrected chi connectivity index (χ2v) is 6.05. The second-order valence-electron chi connectivity index (χ2n) is 5.62. The summed E-state index contributed by atoms with van der Waals surface area (Å²) in [5.41, 5.74) is -3.95. The van der Waals surface area contributed by atoms with E-state index in [0.717, 1.165) is 19.2 Å². The highest BCUT2D eigenvalue weighted by Crippen LogP contribution is 2.40. The zero-order valence-corrected chi connectivity index (χ0v) is 15.0. The van der Waals surface area contributed by atoms with Crippen LogP contribution in [0, 0.1) is 0 Å². The van der Waals surface area contributed by atoms with Gasteiger partial charge in [0.1, 0.15) is 0 Å². The highest BCUT2D eigenvalue weighted by Gasteiger charge is 2.62. The van der Waals surface area contributed by atoms with E-state index >= 15 is 0 Å². The fraction of sp³-hybridized carbons (Fsp3) is 0.222. The molecule has 2 aromatic carbocycles. The van der Waals surface area contributed by atoms with E-state index in [-0.39, 0.29) is 5.69 Å². The van der Waals surface area contributed by atoms with Crippen LogP contribution in [0.1, 0.15) is 15.9 Å². The van der Waals surface area contributed by atoms with Gasteiger partial charge in [-0.05, 0) is 36.4 Å². The lowest BCUT2D eigenvalue weighted by Crippen LogP contribution is -2.49. The number of carbonyl (C=O) groups excluding carboxylic acids is 2. The molecule has 0 fully saturated rings. The summed E-state index contributed by atoms with van der Waals surface area (Å²) in [4.78, 5) is 25.2. The van der Waals surface area contributed by atoms with Gasteiger partial charge in [-0.1, -0.05) is 23.7 Å². The van der Waals surface area contributed by atoms with Crippen molar-refractivity contribution in [1.29, 1.82) is 0 Å². The van der Waals surface area contributed by atoms with Crippen LogP contribution >= 0.6 is 11.6 Å². The predicted octanol–water partition coefficient (Wildman–Crippen LogP) is 3.54. The standard InChI is InChI=1S/C18H15ClF3NO4/c1-23(15(24)11-3-7-13(19)8-4-11)14-9-5-12(6-10-14)17(26,16(25)27-2)18(20,21)22/h3-10,26H,1-2H3.